The first-order valence-corrected chi connectivity index (χ1v) is 6.81. The summed E-state index contributed by atoms with van der Waals surface area (Å²) in [5, 5.41) is 2.98. The maximum Gasteiger partial charge on any atom is 0.212 e. The molecule has 0 aromatic rings. The molecule has 0 aromatic heterocycles. The molecule has 4 nitrogen and oxygen atoms in total. The molecule has 0 aliphatic heterocycles. The average molecular weight is 222 g/mol. The molecule has 0 saturated carbocycles. The molecule has 0 spiro atoms. The Balaban J connectivity index is 3.62. The van der Waals surface area contributed by atoms with Gasteiger partial charge in [-0.3, -0.25) is 0 Å². The van der Waals surface area contributed by atoms with E-state index in [9.17, 15) is 8.42 Å². The molecule has 0 heterocycles. The van der Waals surface area contributed by atoms with Crippen molar-refractivity contribution in [3.8, 4) is 0 Å². The maximum atomic E-state index is 11.3. The quantitative estimate of drug-likeness (QED) is 0.590. The molecule has 0 radical (unpaired) electrons. The van der Waals surface area contributed by atoms with Crippen LogP contribution in [0.15, 0.2) is 0 Å². The van der Waals surface area contributed by atoms with Crippen LogP contribution in [0, 0.1) is 5.92 Å². The highest BCUT2D eigenvalue weighted by molar-refractivity contribution is 7.89. The lowest BCUT2D eigenvalue weighted by Gasteiger charge is -2.08. The molecule has 86 valence electrons. The highest BCUT2D eigenvalue weighted by atomic mass is 32.2. The summed E-state index contributed by atoms with van der Waals surface area (Å²) in [6.45, 7) is 7.99. The molecular formula is C9H22N2O2S. The van der Waals surface area contributed by atoms with E-state index in [1.807, 2.05) is 6.92 Å². The summed E-state index contributed by atoms with van der Waals surface area (Å²) in [5.41, 5.74) is 0. The van der Waals surface area contributed by atoms with Crippen LogP contribution in [0.3, 0.4) is 0 Å². The Morgan fingerprint density at radius 3 is 2.36 bits per heavy atom. The van der Waals surface area contributed by atoms with Crippen molar-refractivity contribution in [2.45, 2.75) is 27.2 Å². The van der Waals surface area contributed by atoms with Crippen molar-refractivity contribution in [3.63, 3.8) is 0 Å². The zero-order valence-corrected chi connectivity index (χ0v) is 10.2. The van der Waals surface area contributed by atoms with Gasteiger partial charge in [-0.05, 0) is 18.9 Å². The van der Waals surface area contributed by atoms with Crippen molar-refractivity contribution >= 4 is 10.0 Å². The molecule has 0 amide bonds. The lowest BCUT2D eigenvalue weighted by atomic mass is 10.1. The standard InChI is InChI=1S/C9H22N2O2S/c1-4-10-7-8-14(12,13)11-6-5-9(2)3/h9-11H,4-8H2,1-3H3. The topological polar surface area (TPSA) is 58.2 Å². The van der Waals surface area contributed by atoms with E-state index in [2.05, 4.69) is 23.9 Å². The second-order valence-electron chi connectivity index (χ2n) is 3.75. The third kappa shape index (κ3) is 8.47. The van der Waals surface area contributed by atoms with E-state index in [1.54, 1.807) is 0 Å². The molecule has 0 aliphatic rings. The minimum atomic E-state index is -3.06. The summed E-state index contributed by atoms with van der Waals surface area (Å²) in [6, 6.07) is 0. The van der Waals surface area contributed by atoms with E-state index in [0.717, 1.165) is 13.0 Å². The Morgan fingerprint density at radius 1 is 1.21 bits per heavy atom. The zero-order chi connectivity index (χ0) is 11.0. The van der Waals surface area contributed by atoms with Gasteiger partial charge in [0.15, 0.2) is 0 Å². The van der Waals surface area contributed by atoms with Crippen molar-refractivity contribution in [2.24, 2.45) is 5.92 Å². The van der Waals surface area contributed by atoms with Gasteiger partial charge in [-0.2, -0.15) is 0 Å². The van der Waals surface area contributed by atoms with E-state index in [0.29, 0.717) is 19.0 Å². The van der Waals surface area contributed by atoms with Crippen LogP contribution in [0.5, 0.6) is 0 Å². The van der Waals surface area contributed by atoms with Gasteiger partial charge in [-0.25, -0.2) is 13.1 Å². The molecule has 0 aromatic carbocycles. The van der Waals surface area contributed by atoms with Crippen LogP contribution in [0.4, 0.5) is 0 Å². The molecule has 0 fully saturated rings. The van der Waals surface area contributed by atoms with Crippen LogP contribution in [0.1, 0.15) is 27.2 Å². The molecule has 0 unspecified atom stereocenters. The number of hydrogen-bond acceptors (Lipinski definition) is 3. The van der Waals surface area contributed by atoms with Gasteiger partial charge in [0.1, 0.15) is 0 Å². The Bertz CT molecular complexity index is 225. The Hall–Kier alpha value is -0.130. The number of nitrogens with one attached hydrogen (secondary N) is 2. The Morgan fingerprint density at radius 2 is 1.86 bits per heavy atom. The van der Waals surface area contributed by atoms with Gasteiger partial charge in [0.05, 0.1) is 5.75 Å². The van der Waals surface area contributed by atoms with E-state index in [4.69, 9.17) is 0 Å². The van der Waals surface area contributed by atoms with Gasteiger partial charge >= 0.3 is 0 Å². The van der Waals surface area contributed by atoms with Gasteiger partial charge in [0.25, 0.3) is 0 Å². The fourth-order valence-corrected chi connectivity index (χ4v) is 1.94. The first-order valence-electron chi connectivity index (χ1n) is 5.16. The molecule has 14 heavy (non-hydrogen) atoms. The van der Waals surface area contributed by atoms with E-state index in [-0.39, 0.29) is 5.75 Å². The fraction of sp³-hybridized carbons (Fsp3) is 1.00. The third-order valence-corrected chi connectivity index (χ3v) is 3.23. The summed E-state index contributed by atoms with van der Waals surface area (Å²) < 4.78 is 25.3. The average Bonchev–Trinajstić information content (AvgIpc) is 2.03. The van der Waals surface area contributed by atoms with Crippen molar-refractivity contribution in [3.05, 3.63) is 0 Å². The number of hydrogen-bond donors (Lipinski definition) is 2. The molecule has 0 bridgehead atoms. The van der Waals surface area contributed by atoms with Gasteiger partial charge < -0.3 is 5.32 Å². The van der Waals surface area contributed by atoms with Gasteiger partial charge in [0, 0.05) is 13.1 Å². The van der Waals surface area contributed by atoms with Crippen LogP contribution in [-0.2, 0) is 10.0 Å². The van der Waals surface area contributed by atoms with Crippen molar-refractivity contribution < 1.29 is 8.42 Å². The monoisotopic (exact) mass is 222 g/mol. The predicted octanol–water partition coefficient (Wildman–Crippen LogP) is 0.561. The second-order valence-corrected chi connectivity index (χ2v) is 5.68. The molecular weight excluding hydrogens is 200 g/mol. The van der Waals surface area contributed by atoms with Gasteiger partial charge in [0.2, 0.25) is 10.0 Å². The first kappa shape index (κ1) is 13.9. The smallest absolute Gasteiger partial charge is 0.212 e. The summed E-state index contributed by atoms with van der Waals surface area (Å²) in [5.74, 6) is 0.699. The SMILES string of the molecule is CCNCCS(=O)(=O)NCCC(C)C. The van der Waals surface area contributed by atoms with E-state index in [1.165, 1.54) is 0 Å². The minimum Gasteiger partial charge on any atom is -0.316 e. The highest BCUT2D eigenvalue weighted by Crippen LogP contribution is 1.97. The first-order chi connectivity index (χ1) is 6.48. The molecule has 0 rings (SSSR count). The molecule has 5 heteroatoms. The van der Waals surface area contributed by atoms with Crippen LogP contribution >= 0.6 is 0 Å². The normalized spacial score (nSPS) is 12.3. The lowest BCUT2D eigenvalue weighted by molar-refractivity contribution is 0.549. The molecule has 2 N–H and O–H groups in total. The van der Waals surface area contributed by atoms with Gasteiger partial charge in [-0.15, -0.1) is 0 Å². The Labute approximate surface area is 87.5 Å². The third-order valence-electron chi connectivity index (χ3n) is 1.84. The number of rotatable bonds is 8. The molecule has 0 saturated heterocycles. The largest absolute Gasteiger partial charge is 0.316 e. The van der Waals surface area contributed by atoms with Crippen LogP contribution in [0.2, 0.25) is 0 Å². The molecule has 0 aliphatic carbocycles. The van der Waals surface area contributed by atoms with Crippen LogP contribution < -0.4 is 10.0 Å². The van der Waals surface area contributed by atoms with E-state index >= 15 is 0 Å². The zero-order valence-electron chi connectivity index (χ0n) is 9.34. The summed E-state index contributed by atoms with van der Waals surface area (Å²) in [7, 11) is -3.06. The molecule has 0 atom stereocenters. The van der Waals surface area contributed by atoms with Crippen LogP contribution in [0.25, 0.3) is 0 Å². The second kappa shape index (κ2) is 7.20. The highest BCUT2D eigenvalue weighted by Gasteiger charge is 2.08. The summed E-state index contributed by atoms with van der Waals surface area (Å²) in [6.07, 6.45) is 0.889. The van der Waals surface area contributed by atoms with Crippen LogP contribution in [-0.4, -0.2) is 33.8 Å². The van der Waals surface area contributed by atoms with Crippen molar-refractivity contribution in [1.82, 2.24) is 10.0 Å². The predicted molar refractivity (Wildman–Crippen MR) is 59.8 cm³/mol. The van der Waals surface area contributed by atoms with Crippen molar-refractivity contribution in [1.29, 1.82) is 0 Å². The summed E-state index contributed by atoms with van der Waals surface area (Å²) >= 11 is 0. The summed E-state index contributed by atoms with van der Waals surface area (Å²) in [4.78, 5) is 0. The lowest BCUT2D eigenvalue weighted by Crippen LogP contribution is -2.32. The van der Waals surface area contributed by atoms with E-state index < -0.39 is 10.0 Å². The fourth-order valence-electron chi connectivity index (χ4n) is 0.959. The maximum absolute atomic E-state index is 11.3. The number of sulfonamides is 1. The van der Waals surface area contributed by atoms with Gasteiger partial charge in [-0.1, -0.05) is 20.8 Å². The minimum absolute atomic E-state index is 0.166. The Kier molecular flexibility index (Phi) is 7.13. The van der Waals surface area contributed by atoms with Crippen molar-refractivity contribution in [2.75, 3.05) is 25.4 Å².